The summed E-state index contributed by atoms with van der Waals surface area (Å²) in [6.45, 7) is 6.34. The Bertz CT molecular complexity index is 130. The molecule has 0 radical (unpaired) electrons. The van der Waals surface area contributed by atoms with Gasteiger partial charge in [0.1, 0.15) is 0 Å². The monoisotopic (exact) mass is 173 g/mol. The number of ether oxygens (including phenoxy) is 1. The second kappa shape index (κ2) is 4.21. The molecule has 1 unspecified atom stereocenters. The SMILES string of the molecule is CC(O)CNC1(C)CCOCC1. The molecule has 0 spiro atoms. The first-order chi connectivity index (χ1) is 5.62. The number of hydrogen-bond acceptors (Lipinski definition) is 3. The van der Waals surface area contributed by atoms with Gasteiger partial charge in [0.2, 0.25) is 0 Å². The third-order valence-corrected chi connectivity index (χ3v) is 2.42. The first kappa shape index (κ1) is 9.96. The van der Waals surface area contributed by atoms with Crippen LogP contribution in [0.1, 0.15) is 26.7 Å². The number of β-amino-alcohol motifs (C(OH)–C–C–N with tert-alkyl or cyclic N) is 1. The van der Waals surface area contributed by atoms with Crippen molar-refractivity contribution in [2.24, 2.45) is 0 Å². The van der Waals surface area contributed by atoms with Gasteiger partial charge in [0.25, 0.3) is 0 Å². The van der Waals surface area contributed by atoms with Crippen molar-refractivity contribution in [3.63, 3.8) is 0 Å². The Morgan fingerprint density at radius 1 is 1.50 bits per heavy atom. The summed E-state index contributed by atoms with van der Waals surface area (Å²) in [6.07, 6.45) is 1.82. The average molecular weight is 173 g/mol. The van der Waals surface area contributed by atoms with Gasteiger partial charge in [-0.15, -0.1) is 0 Å². The van der Waals surface area contributed by atoms with Gasteiger partial charge in [0, 0.05) is 25.3 Å². The van der Waals surface area contributed by atoms with E-state index in [1.165, 1.54) is 0 Å². The molecule has 1 fully saturated rings. The molecule has 1 saturated heterocycles. The molecular weight excluding hydrogens is 154 g/mol. The van der Waals surface area contributed by atoms with Crippen molar-refractivity contribution < 1.29 is 9.84 Å². The zero-order valence-electron chi connectivity index (χ0n) is 7.97. The van der Waals surface area contributed by atoms with Crippen molar-refractivity contribution in [1.29, 1.82) is 0 Å². The van der Waals surface area contributed by atoms with E-state index in [2.05, 4.69) is 12.2 Å². The molecule has 0 saturated carbocycles. The topological polar surface area (TPSA) is 41.5 Å². The Labute approximate surface area is 74.1 Å². The molecule has 1 aliphatic heterocycles. The van der Waals surface area contributed by atoms with E-state index in [1.807, 2.05) is 0 Å². The van der Waals surface area contributed by atoms with Crippen LogP contribution in [0.4, 0.5) is 0 Å². The van der Waals surface area contributed by atoms with Crippen LogP contribution >= 0.6 is 0 Å². The van der Waals surface area contributed by atoms with E-state index >= 15 is 0 Å². The summed E-state index contributed by atoms with van der Waals surface area (Å²) < 4.78 is 5.27. The fourth-order valence-electron chi connectivity index (χ4n) is 1.39. The molecule has 0 bridgehead atoms. The van der Waals surface area contributed by atoms with Gasteiger partial charge in [-0.3, -0.25) is 0 Å². The smallest absolute Gasteiger partial charge is 0.0636 e. The summed E-state index contributed by atoms with van der Waals surface area (Å²) >= 11 is 0. The van der Waals surface area contributed by atoms with Crippen molar-refractivity contribution in [2.75, 3.05) is 19.8 Å². The third kappa shape index (κ3) is 3.09. The zero-order chi connectivity index (χ0) is 9.03. The first-order valence-electron chi connectivity index (χ1n) is 4.63. The summed E-state index contributed by atoms with van der Waals surface area (Å²) in [5.74, 6) is 0. The maximum absolute atomic E-state index is 9.10. The van der Waals surface area contributed by atoms with Crippen LogP contribution in [0, 0.1) is 0 Å². The highest BCUT2D eigenvalue weighted by molar-refractivity contribution is 4.85. The average Bonchev–Trinajstić information content (AvgIpc) is 2.03. The Morgan fingerprint density at radius 2 is 2.08 bits per heavy atom. The third-order valence-electron chi connectivity index (χ3n) is 2.42. The molecule has 1 atom stereocenters. The molecule has 72 valence electrons. The highest BCUT2D eigenvalue weighted by Gasteiger charge is 2.26. The van der Waals surface area contributed by atoms with E-state index in [-0.39, 0.29) is 11.6 Å². The van der Waals surface area contributed by atoms with Gasteiger partial charge in [-0.1, -0.05) is 0 Å². The number of rotatable bonds is 3. The number of aliphatic hydroxyl groups is 1. The summed E-state index contributed by atoms with van der Waals surface area (Å²) in [7, 11) is 0. The maximum atomic E-state index is 9.10. The highest BCUT2D eigenvalue weighted by Crippen LogP contribution is 2.19. The minimum atomic E-state index is -0.260. The maximum Gasteiger partial charge on any atom is 0.0636 e. The molecule has 3 heteroatoms. The van der Waals surface area contributed by atoms with E-state index in [0.717, 1.165) is 26.1 Å². The molecule has 0 aromatic heterocycles. The van der Waals surface area contributed by atoms with Gasteiger partial charge in [0.15, 0.2) is 0 Å². The molecular formula is C9H19NO2. The summed E-state index contributed by atoms with van der Waals surface area (Å²) in [5.41, 5.74) is 0.176. The number of nitrogens with one attached hydrogen (secondary N) is 1. The molecule has 0 amide bonds. The number of aliphatic hydroxyl groups excluding tert-OH is 1. The lowest BCUT2D eigenvalue weighted by atomic mass is 9.92. The Kier molecular flexibility index (Phi) is 3.50. The van der Waals surface area contributed by atoms with E-state index in [9.17, 15) is 0 Å². The minimum absolute atomic E-state index is 0.176. The predicted octanol–water partition coefficient (Wildman–Crippen LogP) is 0.526. The van der Waals surface area contributed by atoms with Crippen LogP contribution in [0.2, 0.25) is 0 Å². The molecule has 0 aromatic carbocycles. The van der Waals surface area contributed by atoms with Gasteiger partial charge in [-0.25, -0.2) is 0 Å². The largest absolute Gasteiger partial charge is 0.392 e. The van der Waals surface area contributed by atoms with E-state index in [4.69, 9.17) is 9.84 Å². The van der Waals surface area contributed by atoms with Gasteiger partial charge in [-0.2, -0.15) is 0 Å². The quantitative estimate of drug-likeness (QED) is 0.654. The molecule has 1 rings (SSSR count). The van der Waals surface area contributed by atoms with Gasteiger partial charge < -0.3 is 15.2 Å². The van der Waals surface area contributed by atoms with Crippen LogP contribution < -0.4 is 5.32 Å². The van der Waals surface area contributed by atoms with Crippen LogP contribution in [0.3, 0.4) is 0 Å². The van der Waals surface area contributed by atoms with E-state index in [0.29, 0.717) is 6.54 Å². The fourth-order valence-corrected chi connectivity index (χ4v) is 1.39. The molecule has 0 aliphatic carbocycles. The van der Waals surface area contributed by atoms with Gasteiger partial charge in [0.05, 0.1) is 6.10 Å². The number of hydrogen-bond donors (Lipinski definition) is 2. The Balaban J connectivity index is 2.26. The van der Waals surface area contributed by atoms with Gasteiger partial charge in [-0.05, 0) is 26.7 Å². The molecule has 12 heavy (non-hydrogen) atoms. The van der Waals surface area contributed by atoms with Crippen molar-refractivity contribution >= 4 is 0 Å². The Hall–Kier alpha value is -0.120. The lowest BCUT2D eigenvalue weighted by molar-refractivity contribution is 0.0400. The summed E-state index contributed by atoms with van der Waals surface area (Å²) in [5, 5.41) is 12.5. The van der Waals surface area contributed by atoms with Crippen molar-refractivity contribution in [3.8, 4) is 0 Å². The minimum Gasteiger partial charge on any atom is -0.392 e. The van der Waals surface area contributed by atoms with Crippen LogP contribution in [0.25, 0.3) is 0 Å². The second-order valence-electron chi connectivity index (χ2n) is 3.90. The van der Waals surface area contributed by atoms with E-state index in [1.54, 1.807) is 6.92 Å². The molecule has 3 nitrogen and oxygen atoms in total. The van der Waals surface area contributed by atoms with Crippen LogP contribution in [-0.2, 0) is 4.74 Å². The van der Waals surface area contributed by atoms with Crippen molar-refractivity contribution in [3.05, 3.63) is 0 Å². The summed E-state index contributed by atoms with van der Waals surface area (Å²) in [6, 6.07) is 0. The fraction of sp³-hybridized carbons (Fsp3) is 1.00. The lowest BCUT2D eigenvalue weighted by Gasteiger charge is -2.35. The van der Waals surface area contributed by atoms with Gasteiger partial charge >= 0.3 is 0 Å². The predicted molar refractivity (Wildman–Crippen MR) is 48.1 cm³/mol. The summed E-state index contributed by atoms with van der Waals surface area (Å²) in [4.78, 5) is 0. The highest BCUT2D eigenvalue weighted by atomic mass is 16.5. The molecule has 0 aromatic rings. The molecule has 2 N–H and O–H groups in total. The molecule has 1 aliphatic rings. The lowest BCUT2D eigenvalue weighted by Crippen LogP contribution is -2.48. The second-order valence-corrected chi connectivity index (χ2v) is 3.90. The Morgan fingerprint density at radius 3 is 2.58 bits per heavy atom. The van der Waals surface area contributed by atoms with Crippen LogP contribution in [-0.4, -0.2) is 36.5 Å². The van der Waals surface area contributed by atoms with Crippen LogP contribution in [0.5, 0.6) is 0 Å². The van der Waals surface area contributed by atoms with Crippen molar-refractivity contribution in [2.45, 2.75) is 38.3 Å². The normalized spacial score (nSPS) is 25.2. The van der Waals surface area contributed by atoms with Crippen LogP contribution in [0.15, 0.2) is 0 Å². The van der Waals surface area contributed by atoms with E-state index < -0.39 is 0 Å². The molecule has 1 heterocycles. The standard InChI is InChI=1S/C9H19NO2/c1-8(11)7-10-9(2)3-5-12-6-4-9/h8,10-11H,3-7H2,1-2H3. The zero-order valence-corrected chi connectivity index (χ0v) is 7.97. The van der Waals surface area contributed by atoms with Crippen molar-refractivity contribution in [1.82, 2.24) is 5.32 Å². The first-order valence-corrected chi connectivity index (χ1v) is 4.63.